The zero-order valence-corrected chi connectivity index (χ0v) is 9.10. The predicted molar refractivity (Wildman–Crippen MR) is 51.8 cm³/mol. The number of amides is 1. The summed E-state index contributed by atoms with van der Waals surface area (Å²) in [6.07, 6.45) is 0.479. The first kappa shape index (κ1) is 11.4. The molecule has 2 N–H and O–H groups in total. The lowest BCUT2D eigenvalue weighted by Crippen LogP contribution is -2.58. The molecule has 82 valence electrons. The molecule has 1 aliphatic rings. The highest BCUT2D eigenvalue weighted by Crippen LogP contribution is 2.11. The molecule has 0 saturated carbocycles. The third-order valence-corrected chi connectivity index (χ3v) is 3.81. The number of hydrogen-bond donors (Lipinski definition) is 2. The fraction of sp³-hybridized carbons (Fsp3) is 0.857. The molecule has 1 amide bonds. The molecule has 0 bridgehead atoms. The van der Waals surface area contributed by atoms with Crippen LogP contribution in [0.25, 0.3) is 0 Å². The molecule has 0 radical (unpaired) electrons. The molecule has 14 heavy (non-hydrogen) atoms. The zero-order valence-electron chi connectivity index (χ0n) is 8.28. The highest BCUT2D eigenvalue weighted by molar-refractivity contribution is 7.87. The van der Waals surface area contributed by atoms with Crippen LogP contribution < -0.4 is 10.0 Å². The van der Waals surface area contributed by atoms with E-state index < -0.39 is 16.3 Å². The van der Waals surface area contributed by atoms with Gasteiger partial charge in [-0.15, -0.1) is 0 Å². The summed E-state index contributed by atoms with van der Waals surface area (Å²) in [5.74, 6) is -0.224. The van der Waals surface area contributed by atoms with E-state index in [0.717, 1.165) is 0 Å². The van der Waals surface area contributed by atoms with Gasteiger partial charge in [0.05, 0.1) is 0 Å². The smallest absolute Gasteiger partial charge is 0.279 e. The first-order valence-corrected chi connectivity index (χ1v) is 5.95. The quantitative estimate of drug-likeness (QED) is 0.619. The maximum atomic E-state index is 11.5. The SMILES string of the molecule is CCC1C(=O)NCCN1S(=O)(=O)NC. The molecule has 0 aliphatic carbocycles. The molecule has 1 aliphatic heterocycles. The number of piperazine rings is 1. The van der Waals surface area contributed by atoms with Crippen LogP contribution >= 0.6 is 0 Å². The van der Waals surface area contributed by atoms with E-state index in [9.17, 15) is 13.2 Å². The van der Waals surface area contributed by atoms with Crippen LogP contribution in [-0.4, -0.2) is 44.8 Å². The summed E-state index contributed by atoms with van der Waals surface area (Å²) in [6, 6.07) is -0.582. The largest absolute Gasteiger partial charge is 0.353 e. The summed E-state index contributed by atoms with van der Waals surface area (Å²) in [7, 11) is -2.15. The number of carbonyl (C=O) groups excluding carboxylic acids is 1. The average molecular weight is 221 g/mol. The van der Waals surface area contributed by atoms with Gasteiger partial charge in [-0.3, -0.25) is 4.79 Å². The Labute approximate surface area is 83.8 Å². The Bertz CT molecular complexity index is 314. The minimum Gasteiger partial charge on any atom is -0.353 e. The molecule has 1 fully saturated rings. The van der Waals surface area contributed by atoms with Crippen LogP contribution in [0.3, 0.4) is 0 Å². The summed E-state index contributed by atoms with van der Waals surface area (Å²) in [5, 5.41) is 2.64. The second kappa shape index (κ2) is 4.24. The maximum Gasteiger partial charge on any atom is 0.279 e. The normalized spacial score (nSPS) is 24.7. The van der Waals surface area contributed by atoms with E-state index in [-0.39, 0.29) is 5.91 Å². The van der Waals surface area contributed by atoms with Crippen molar-refractivity contribution >= 4 is 16.1 Å². The van der Waals surface area contributed by atoms with E-state index >= 15 is 0 Å². The third-order valence-electron chi connectivity index (χ3n) is 2.24. The lowest BCUT2D eigenvalue weighted by atomic mass is 10.2. The van der Waals surface area contributed by atoms with Gasteiger partial charge in [-0.1, -0.05) is 6.92 Å². The molecular weight excluding hydrogens is 206 g/mol. The lowest BCUT2D eigenvalue weighted by Gasteiger charge is -2.32. The van der Waals surface area contributed by atoms with E-state index in [0.29, 0.717) is 19.5 Å². The average Bonchev–Trinajstić information content (AvgIpc) is 2.17. The number of rotatable bonds is 3. The molecule has 0 aromatic heterocycles. The molecule has 6 nitrogen and oxygen atoms in total. The Morgan fingerprint density at radius 2 is 2.29 bits per heavy atom. The van der Waals surface area contributed by atoms with Crippen LogP contribution in [0.4, 0.5) is 0 Å². The number of nitrogens with one attached hydrogen (secondary N) is 2. The van der Waals surface area contributed by atoms with Crippen molar-refractivity contribution in [2.75, 3.05) is 20.1 Å². The van der Waals surface area contributed by atoms with Gasteiger partial charge in [0.25, 0.3) is 10.2 Å². The molecule has 1 unspecified atom stereocenters. The Hall–Kier alpha value is -0.660. The Morgan fingerprint density at radius 1 is 1.64 bits per heavy atom. The fourth-order valence-corrected chi connectivity index (χ4v) is 2.63. The van der Waals surface area contributed by atoms with Crippen molar-refractivity contribution in [3.8, 4) is 0 Å². The summed E-state index contributed by atoms with van der Waals surface area (Å²) >= 11 is 0. The number of nitrogens with zero attached hydrogens (tertiary/aromatic N) is 1. The van der Waals surface area contributed by atoms with Crippen LogP contribution in [0.5, 0.6) is 0 Å². The van der Waals surface area contributed by atoms with Gasteiger partial charge >= 0.3 is 0 Å². The van der Waals surface area contributed by atoms with Crippen LogP contribution in [-0.2, 0) is 15.0 Å². The van der Waals surface area contributed by atoms with Gasteiger partial charge < -0.3 is 5.32 Å². The van der Waals surface area contributed by atoms with Crippen LogP contribution in [0.2, 0.25) is 0 Å². The lowest BCUT2D eigenvalue weighted by molar-refractivity contribution is -0.126. The molecule has 1 heterocycles. The predicted octanol–water partition coefficient (Wildman–Crippen LogP) is -1.34. The summed E-state index contributed by atoms with van der Waals surface area (Å²) in [6.45, 7) is 2.48. The van der Waals surface area contributed by atoms with Gasteiger partial charge in [-0.05, 0) is 6.42 Å². The minimum atomic E-state index is -3.49. The van der Waals surface area contributed by atoms with Crippen molar-refractivity contribution in [3.63, 3.8) is 0 Å². The van der Waals surface area contributed by atoms with E-state index in [1.807, 2.05) is 0 Å². The van der Waals surface area contributed by atoms with Crippen LogP contribution in [0.15, 0.2) is 0 Å². The van der Waals surface area contributed by atoms with Gasteiger partial charge in [0.1, 0.15) is 6.04 Å². The highest BCUT2D eigenvalue weighted by atomic mass is 32.2. The Morgan fingerprint density at radius 3 is 2.79 bits per heavy atom. The van der Waals surface area contributed by atoms with Gasteiger partial charge in [-0.2, -0.15) is 12.7 Å². The van der Waals surface area contributed by atoms with Gasteiger partial charge in [0.2, 0.25) is 5.91 Å². The zero-order chi connectivity index (χ0) is 10.8. The topological polar surface area (TPSA) is 78.5 Å². The standard InChI is InChI=1S/C7H15N3O3S/c1-3-6-7(11)9-4-5-10(6)14(12,13)8-2/h6,8H,3-5H2,1-2H3,(H,9,11). The molecule has 1 atom stereocenters. The van der Waals surface area contributed by atoms with Crippen molar-refractivity contribution in [1.82, 2.24) is 14.3 Å². The van der Waals surface area contributed by atoms with Gasteiger partial charge in [-0.25, -0.2) is 4.72 Å². The second-order valence-electron chi connectivity index (χ2n) is 3.03. The number of carbonyl (C=O) groups is 1. The van der Waals surface area contributed by atoms with E-state index in [1.165, 1.54) is 11.4 Å². The molecule has 0 spiro atoms. The van der Waals surface area contributed by atoms with Crippen molar-refractivity contribution in [2.45, 2.75) is 19.4 Å². The molecule has 1 rings (SSSR count). The van der Waals surface area contributed by atoms with Crippen molar-refractivity contribution in [3.05, 3.63) is 0 Å². The minimum absolute atomic E-state index is 0.224. The monoisotopic (exact) mass is 221 g/mol. The summed E-state index contributed by atoms with van der Waals surface area (Å²) in [4.78, 5) is 11.4. The first-order valence-electron chi connectivity index (χ1n) is 4.51. The molecule has 1 saturated heterocycles. The van der Waals surface area contributed by atoms with Crippen molar-refractivity contribution < 1.29 is 13.2 Å². The molecule has 0 aromatic carbocycles. The molecular formula is C7H15N3O3S. The van der Waals surface area contributed by atoms with Gasteiger partial charge in [0, 0.05) is 20.1 Å². The van der Waals surface area contributed by atoms with Crippen molar-refractivity contribution in [2.24, 2.45) is 0 Å². The number of hydrogen-bond acceptors (Lipinski definition) is 3. The maximum absolute atomic E-state index is 11.5. The van der Waals surface area contributed by atoms with Crippen LogP contribution in [0.1, 0.15) is 13.3 Å². The van der Waals surface area contributed by atoms with Crippen LogP contribution in [0, 0.1) is 0 Å². The first-order chi connectivity index (χ1) is 6.53. The summed E-state index contributed by atoms with van der Waals surface area (Å²) in [5.41, 5.74) is 0. The summed E-state index contributed by atoms with van der Waals surface area (Å²) < 4.78 is 26.4. The Balaban J connectivity index is 2.91. The van der Waals surface area contributed by atoms with E-state index in [2.05, 4.69) is 10.0 Å². The fourth-order valence-electron chi connectivity index (χ4n) is 1.49. The second-order valence-corrected chi connectivity index (χ2v) is 4.86. The molecule has 7 heteroatoms. The van der Waals surface area contributed by atoms with E-state index in [4.69, 9.17) is 0 Å². The Kier molecular flexibility index (Phi) is 3.46. The third kappa shape index (κ3) is 2.05. The van der Waals surface area contributed by atoms with Gasteiger partial charge in [0.15, 0.2) is 0 Å². The highest BCUT2D eigenvalue weighted by Gasteiger charge is 2.35. The molecule has 0 aromatic rings. The van der Waals surface area contributed by atoms with E-state index in [1.54, 1.807) is 6.92 Å². The van der Waals surface area contributed by atoms with Crippen molar-refractivity contribution in [1.29, 1.82) is 0 Å².